The van der Waals surface area contributed by atoms with Crippen LogP contribution in [0.25, 0.3) is 0 Å². The molecule has 20 heavy (non-hydrogen) atoms. The Morgan fingerprint density at radius 3 is 2.55 bits per heavy atom. The van der Waals surface area contributed by atoms with E-state index in [4.69, 9.17) is 5.11 Å². The van der Waals surface area contributed by atoms with Gasteiger partial charge in [-0.1, -0.05) is 18.6 Å². The molecular formula is C16H21NO3. The monoisotopic (exact) mass is 275 g/mol. The molecule has 2 aliphatic carbocycles. The lowest BCUT2D eigenvalue weighted by atomic mass is 9.62. The van der Waals surface area contributed by atoms with E-state index in [0.717, 1.165) is 25.7 Å². The lowest BCUT2D eigenvalue weighted by molar-refractivity contribution is 0.0968. The van der Waals surface area contributed by atoms with Gasteiger partial charge in [-0.15, -0.1) is 0 Å². The van der Waals surface area contributed by atoms with Crippen LogP contribution in [0.1, 0.15) is 43.6 Å². The van der Waals surface area contributed by atoms with Crippen LogP contribution in [0.5, 0.6) is 5.75 Å². The second-order valence-electron chi connectivity index (χ2n) is 6.11. The number of carbonyl (C=O) groups is 1. The van der Waals surface area contributed by atoms with E-state index in [0.29, 0.717) is 17.8 Å². The molecule has 2 aliphatic rings. The van der Waals surface area contributed by atoms with Crippen LogP contribution in [-0.2, 0) is 0 Å². The van der Waals surface area contributed by atoms with E-state index in [1.807, 2.05) is 12.1 Å². The minimum Gasteiger partial charge on any atom is -0.508 e. The zero-order valence-electron chi connectivity index (χ0n) is 11.5. The number of aromatic hydroxyl groups is 1. The highest BCUT2D eigenvalue weighted by atomic mass is 16.4. The normalized spacial score (nSPS) is 32.6. The maximum Gasteiger partial charge on any atom is 0.404 e. The van der Waals surface area contributed by atoms with Gasteiger partial charge >= 0.3 is 6.09 Å². The van der Waals surface area contributed by atoms with Gasteiger partial charge in [0.25, 0.3) is 0 Å². The molecule has 4 nitrogen and oxygen atoms in total. The lowest BCUT2D eigenvalue weighted by Crippen LogP contribution is -2.51. The quantitative estimate of drug-likeness (QED) is 0.775. The van der Waals surface area contributed by atoms with Crippen molar-refractivity contribution in [2.75, 3.05) is 0 Å². The van der Waals surface area contributed by atoms with Crippen LogP contribution in [-0.4, -0.2) is 22.3 Å². The van der Waals surface area contributed by atoms with Gasteiger partial charge in [-0.2, -0.15) is 0 Å². The first-order valence-electron chi connectivity index (χ1n) is 7.43. The van der Waals surface area contributed by atoms with E-state index in [2.05, 4.69) is 5.32 Å². The summed E-state index contributed by atoms with van der Waals surface area (Å²) in [6.07, 6.45) is 4.74. The summed E-state index contributed by atoms with van der Waals surface area (Å²) in [6, 6.07) is 7.50. The standard InChI is InChI=1S/C16H21NO3/c18-12-7-4-10(5-8-12)13-9-6-11-2-1-3-14(13)15(11)17-16(19)20/h4-5,7-8,11,13-15,17-18H,1-3,6,9H2,(H,19,20)/t11-,13-,14-,15+/m1/s1. The van der Waals surface area contributed by atoms with Gasteiger partial charge < -0.3 is 15.5 Å². The average Bonchev–Trinajstić information content (AvgIpc) is 2.40. The lowest BCUT2D eigenvalue weighted by Gasteiger charge is -2.47. The maximum absolute atomic E-state index is 11.0. The van der Waals surface area contributed by atoms with Crippen LogP contribution in [0.4, 0.5) is 4.79 Å². The van der Waals surface area contributed by atoms with Gasteiger partial charge in [0.2, 0.25) is 0 Å². The van der Waals surface area contributed by atoms with Crippen molar-refractivity contribution in [2.45, 2.75) is 44.1 Å². The fourth-order valence-electron chi connectivity index (χ4n) is 4.21. The van der Waals surface area contributed by atoms with E-state index >= 15 is 0 Å². The van der Waals surface area contributed by atoms with E-state index in [1.54, 1.807) is 12.1 Å². The molecule has 0 saturated heterocycles. The predicted molar refractivity (Wildman–Crippen MR) is 75.9 cm³/mol. The summed E-state index contributed by atoms with van der Waals surface area (Å²) in [5.41, 5.74) is 1.23. The maximum atomic E-state index is 11.0. The fourth-order valence-corrected chi connectivity index (χ4v) is 4.21. The number of benzene rings is 1. The van der Waals surface area contributed by atoms with Crippen LogP contribution in [0.3, 0.4) is 0 Å². The van der Waals surface area contributed by atoms with Crippen LogP contribution in [0.15, 0.2) is 24.3 Å². The molecular weight excluding hydrogens is 254 g/mol. The van der Waals surface area contributed by atoms with Gasteiger partial charge in [0.1, 0.15) is 5.75 Å². The van der Waals surface area contributed by atoms with Gasteiger partial charge in [-0.3, -0.25) is 0 Å². The zero-order chi connectivity index (χ0) is 14.1. The van der Waals surface area contributed by atoms with Crippen molar-refractivity contribution in [3.63, 3.8) is 0 Å². The number of amides is 1. The molecule has 0 aliphatic heterocycles. The summed E-state index contributed by atoms with van der Waals surface area (Å²) in [5, 5.41) is 21.2. The number of nitrogens with one attached hydrogen (secondary N) is 1. The molecule has 108 valence electrons. The molecule has 2 saturated carbocycles. The molecule has 0 aromatic heterocycles. The number of carboxylic acid groups (broad SMARTS) is 1. The van der Waals surface area contributed by atoms with E-state index < -0.39 is 6.09 Å². The Morgan fingerprint density at radius 2 is 1.85 bits per heavy atom. The van der Waals surface area contributed by atoms with Crippen LogP contribution in [0.2, 0.25) is 0 Å². The summed E-state index contributed by atoms with van der Waals surface area (Å²) in [5.74, 6) is 1.58. The van der Waals surface area contributed by atoms with Gasteiger partial charge in [-0.05, 0) is 61.1 Å². The van der Waals surface area contributed by atoms with Gasteiger partial charge in [0, 0.05) is 6.04 Å². The van der Waals surface area contributed by atoms with E-state index in [-0.39, 0.29) is 11.8 Å². The number of hydrogen-bond acceptors (Lipinski definition) is 2. The van der Waals surface area contributed by atoms with Crippen LogP contribution < -0.4 is 5.32 Å². The molecule has 3 rings (SSSR count). The first-order valence-corrected chi connectivity index (χ1v) is 7.43. The largest absolute Gasteiger partial charge is 0.508 e. The Bertz CT molecular complexity index is 485. The highest BCUT2D eigenvalue weighted by Gasteiger charge is 2.42. The van der Waals surface area contributed by atoms with Crippen molar-refractivity contribution in [1.82, 2.24) is 5.32 Å². The first-order chi connectivity index (χ1) is 9.65. The number of hydrogen-bond donors (Lipinski definition) is 3. The molecule has 2 bridgehead atoms. The highest BCUT2D eigenvalue weighted by Crippen LogP contribution is 2.47. The van der Waals surface area contributed by atoms with Crippen molar-refractivity contribution in [2.24, 2.45) is 11.8 Å². The summed E-state index contributed by atoms with van der Waals surface area (Å²) in [4.78, 5) is 11.0. The second kappa shape index (κ2) is 5.35. The van der Waals surface area contributed by atoms with Gasteiger partial charge in [0.15, 0.2) is 0 Å². The molecule has 1 amide bonds. The molecule has 2 fully saturated rings. The van der Waals surface area contributed by atoms with E-state index in [1.165, 1.54) is 12.0 Å². The number of phenols is 1. The Kier molecular flexibility index (Phi) is 3.55. The predicted octanol–water partition coefficient (Wildman–Crippen LogP) is 3.32. The smallest absolute Gasteiger partial charge is 0.404 e. The zero-order valence-corrected chi connectivity index (χ0v) is 11.5. The Labute approximate surface area is 118 Å². The molecule has 1 aromatic rings. The average molecular weight is 275 g/mol. The third-order valence-corrected chi connectivity index (χ3v) is 5.06. The Balaban J connectivity index is 1.84. The summed E-state index contributed by atoms with van der Waals surface area (Å²) < 4.78 is 0. The number of rotatable bonds is 2. The molecule has 0 radical (unpaired) electrons. The minimum atomic E-state index is -0.904. The SMILES string of the molecule is O=C(O)N[C@H]1[C@@H]2CCC[C@@H]1[C@@H](c1ccc(O)cc1)CC2. The fraction of sp³-hybridized carbons (Fsp3) is 0.562. The second-order valence-corrected chi connectivity index (χ2v) is 6.11. The molecule has 4 atom stereocenters. The van der Waals surface area contributed by atoms with Crippen molar-refractivity contribution in [3.05, 3.63) is 29.8 Å². The van der Waals surface area contributed by atoms with E-state index in [9.17, 15) is 9.90 Å². The first kappa shape index (κ1) is 13.3. The third-order valence-electron chi connectivity index (χ3n) is 5.06. The van der Waals surface area contributed by atoms with Gasteiger partial charge in [-0.25, -0.2) is 4.79 Å². The summed E-state index contributed by atoms with van der Waals surface area (Å²) in [6.45, 7) is 0. The minimum absolute atomic E-state index is 0.0915. The van der Waals surface area contributed by atoms with Crippen molar-refractivity contribution in [1.29, 1.82) is 0 Å². The Hall–Kier alpha value is -1.71. The van der Waals surface area contributed by atoms with Crippen LogP contribution >= 0.6 is 0 Å². The highest BCUT2D eigenvalue weighted by molar-refractivity contribution is 5.65. The number of fused-ring (bicyclic) bond motifs is 2. The molecule has 0 heterocycles. The summed E-state index contributed by atoms with van der Waals surface area (Å²) >= 11 is 0. The van der Waals surface area contributed by atoms with Crippen molar-refractivity contribution < 1.29 is 15.0 Å². The van der Waals surface area contributed by atoms with Gasteiger partial charge in [0.05, 0.1) is 0 Å². The molecule has 3 N–H and O–H groups in total. The Morgan fingerprint density at radius 1 is 1.10 bits per heavy atom. The van der Waals surface area contributed by atoms with Crippen molar-refractivity contribution >= 4 is 6.09 Å². The molecule has 1 aromatic carbocycles. The van der Waals surface area contributed by atoms with Crippen LogP contribution in [0, 0.1) is 11.8 Å². The topological polar surface area (TPSA) is 69.6 Å². The summed E-state index contributed by atoms with van der Waals surface area (Å²) in [7, 11) is 0. The molecule has 4 heteroatoms. The number of phenolic OH excluding ortho intramolecular Hbond substituents is 1. The molecule has 0 spiro atoms. The van der Waals surface area contributed by atoms with Crippen molar-refractivity contribution in [3.8, 4) is 5.75 Å². The molecule has 0 unspecified atom stereocenters. The third kappa shape index (κ3) is 2.47.